The molecule has 0 heterocycles. The summed E-state index contributed by atoms with van der Waals surface area (Å²) in [5, 5.41) is 9.48. The highest BCUT2D eigenvalue weighted by molar-refractivity contribution is 4.59. The lowest BCUT2D eigenvalue weighted by atomic mass is 10.0. The molecule has 0 radical (unpaired) electrons. The molecule has 0 saturated carbocycles. The van der Waals surface area contributed by atoms with E-state index in [9.17, 15) is 5.11 Å². The summed E-state index contributed by atoms with van der Waals surface area (Å²) in [5.74, 6) is 0.570. The summed E-state index contributed by atoms with van der Waals surface area (Å²) < 4.78 is 10.0. The SMILES string of the molecule is CCC(C)CC(O)COCCOC. The number of hydrogen-bond donors (Lipinski definition) is 1. The Hall–Kier alpha value is -0.120. The fourth-order valence-electron chi connectivity index (χ4n) is 1.06. The molecule has 0 aliphatic rings. The van der Waals surface area contributed by atoms with Gasteiger partial charge in [0.15, 0.2) is 0 Å². The summed E-state index contributed by atoms with van der Waals surface area (Å²) in [7, 11) is 1.64. The Morgan fingerprint density at radius 1 is 1.31 bits per heavy atom. The Bertz CT molecular complexity index is 106. The molecule has 0 aliphatic heterocycles. The van der Waals surface area contributed by atoms with Crippen molar-refractivity contribution in [1.29, 1.82) is 0 Å². The molecule has 0 fully saturated rings. The molecule has 0 bridgehead atoms. The van der Waals surface area contributed by atoms with Crippen LogP contribution in [0.4, 0.5) is 0 Å². The monoisotopic (exact) mass is 190 g/mol. The molecule has 0 aromatic carbocycles. The normalized spacial score (nSPS) is 15.7. The predicted octanol–water partition coefficient (Wildman–Crippen LogP) is 1.45. The molecule has 0 aromatic heterocycles. The van der Waals surface area contributed by atoms with Crippen molar-refractivity contribution in [3.8, 4) is 0 Å². The van der Waals surface area contributed by atoms with E-state index in [1.165, 1.54) is 0 Å². The summed E-state index contributed by atoms with van der Waals surface area (Å²) in [5.41, 5.74) is 0. The summed E-state index contributed by atoms with van der Waals surface area (Å²) in [6.07, 6.45) is 1.60. The van der Waals surface area contributed by atoms with Crippen LogP contribution in [-0.4, -0.2) is 38.1 Å². The van der Waals surface area contributed by atoms with E-state index < -0.39 is 0 Å². The second-order valence-electron chi connectivity index (χ2n) is 3.47. The average molecular weight is 190 g/mol. The molecule has 3 nitrogen and oxygen atoms in total. The van der Waals surface area contributed by atoms with Crippen molar-refractivity contribution in [2.75, 3.05) is 26.9 Å². The molecule has 0 aliphatic carbocycles. The van der Waals surface area contributed by atoms with Crippen molar-refractivity contribution in [1.82, 2.24) is 0 Å². The lowest BCUT2D eigenvalue weighted by Gasteiger charge is -2.14. The average Bonchev–Trinajstić information content (AvgIpc) is 2.12. The predicted molar refractivity (Wildman–Crippen MR) is 52.8 cm³/mol. The van der Waals surface area contributed by atoms with Crippen LogP contribution < -0.4 is 0 Å². The van der Waals surface area contributed by atoms with Gasteiger partial charge in [-0.2, -0.15) is 0 Å². The minimum absolute atomic E-state index is 0.327. The second kappa shape index (κ2) is 8.48. The van der Waals surface area contributed by atoms with Crippen LogP contribution in [-0.2, 0) is 9.47 Å². The molecule has 13 heavy (non-hydrogen) atoms. The summed E-state index contributed by atoms with van der Waals surface area (Å²) in [4.78, 5) is 0. The van der Waals surface area contributed by atoms with Gasteiger partial charge in [0.25, 0.3) is 0 Å². The first kappa shape index (κ1) is 12.9. The molecule has 0 rings (SSSR count). The summed E-state index contributed by atoms with van der Waals surface area (Å²) in [6, 6.07) is 0. The van der Waals surface area contributed by atoms with Crippen LogP contribution in [0, 0.1) is 5.92 Å². The van der Waals surface area contributed by atoms with E-state index >= 15 is 0 Å². The van der Waals surface area contributed by atoms with Crippen molar-refractivity contribution < 1.29 is 14.6 Å². The minimum atomic E-state index is -0.327. The van der Waals surface area contributed by atoms with Crippen LogP contribution in [0.2, 0.25) is 0 Å². The second-order valence-corrected chi connectivity index (χ2v) is 3.47. The maximum atomic E-state index is 9.48. The van der Waals surface area contributed by atoms with E-state index in [4.69, 9.17) is 9.47 Å². The van der Waals surface area contributed by atoms with Gasteiger partial charge in [0.05, 0.1) is 25.9 Å². The molecule has 80 valence electrons. The van der Waals surface area contributed by atoms with Crippen LogP contribution >= 0.6 is 0 Å². The van der Waals surface area contributed by atoms with Gasteiger partial charge < -0.3 is 14.6 Å². The van der Waals surface area contributed by atoms with Gasteiger partial charge in [0, 0.05) is 7.11 Å². The van der Waals surface area contributed by atoms with E-state index in [2.05, 4.69) is 13.8 Å². The molecule has 0 aromatic rings. The molecule has 3 heteroatoms. The van der Waals surface area contributed by atoms with Crippen molar-refractivity contribution in [3.05, 3.63) is 0 Å². The van der Waals surface area contributed by atoms with Gasteiger partial charge >= 0.3 is 0 Å². The Labute approximate surface area is 81.0 Å². The lowest BCUT2D eigenvalue weighted by molar-refractivity contribution is 0.00508. The summed E-state index contributed by atoms with van der Waals surface area (Å²) in [6.45, 7) is 5.85. The van der Waals surface area contributed by atoms with E-state index in [0.29, 0.717) is 25.7 Å². The molecule has 0 saturated heterocycles. The zero-order chi connectivity index (χ0) is 10.1. The third kappa shape index (κ3) is 8.22. The zero-order valence-corrected chi connectivity index (χ0v) is 8.95. The molecule has 1 N–H and O–H groups in total. The van der Waals surface area contributed by atoms with Crippen LogP contribution in [0.25, 0.3) is 0 Å². The molecule has 2 unspecified atom stereocenters. The summed E-state index contributed by atoms with van der Waals surface area (Å²) >= 11 is 0. The van der Waals surface area contributed by atoms with Crippen molar-refractivity contribution in [3.63, 3.8) is 0 Å². The van der Waals surface area contributed by atoms with E-state index in [-0.39, 0.29) is 6.10 Å². The van der Waals surface area contributed by atoms with Gasteiger partial charge in [0.2, 0.25) is 0 Å². The van der Waals surface area contributed by atoms with Crippen LogP contribution in [0.1, 0.15) is 26.7 Å². The van der Waals surface area contributed by atoms with Crippen molar-refractivity contribution in [2.24, 2.45) is 5.92 Å². The smallest absolute Gasteiger partial charge is 0.0776 e. The van der Waals surface area contributed by atoms with Gasteiger partial charge in [-0.15, -0.1) is 0 Å². The van der Waals surface area contributed by atoms with Gasteiger partial charge in [-0.05, 0) is 12.3 Å². The van der Waals surface area contributed by atoms with E-state index in [1.807, 2.05) is 0 Å². The molecular weight excluding hydrogens is 168 g/mol. The highest BCUT2D eigenvalue weighted by Crippen LogP contribution is 2.09. The number of aliphatic hydroxyl groups excluding tert-OH is 1. The number of ether oxygens (including phenoxy) is 2. The largest absolute Gasteiger partial charge is 0.391 e. The Balaban J connectivity index is 3.24. The fraction of sp³-hybridized carbons (Fsp3) is 1.00. The van der Waals surface area contributed by atoms with E-state index in [0.717, 1.165) is 12.8 Å². The van der Waals surface area contributed by atoms with Gasteiger partial charge in [-0.3, -0.25) is 0 Å². The first-order valence-corrected chi connectivity index (χ1v) is 4.95. The highest BCUT2D eigenvalue weighted by Gasteiger charge is 2.08. The third-order valence-corrected chi connectivity index (χ3v) is 2.11. The van der Waals surface area contributed by atoms with Crippen LogP contribution in [0.15, 0.2) is 0 Å². The van der Waals surface area contributed by atoms with Crippen LogP contribution in [0.5, 0.6) is 0 Å². The van der Waals surface area contributed by atoms with Gasteiger partial charge in [-0.25, -0.2) is 0 Å². The number of methoxy groups -OCH3 is 1. The highest BCUT2D eigenvalue weighted by atomic mass is 16.5. The van der Waals surface area contributed by atoms with Gasteiger partial charge in [0.1, 0.15) is 0 Å². The first-order valence-electron chi connectivity index (χ1n) is 4.95. The van der Waals surface area contributed by atoms with Gasteiger partial charge in [-0.1, -0.05) is 20.3 Å². The third-order valence-electron chi connectivity index (χ3n) is 2.11. The number of rotatable bonds is 8. The zero-order valence-electron chi connectivity index (χ0n) is 8.95. The topological polar surface area (TPSA) is 38.7 Å². The Kier molecular flexibility index (Phi) is 8.40. The molecular formula is C10H22O3. The maximum Gasteiger partial charge on any atom is 0.0776 e. The Morgan fingerprint density at radius 3 is 2.54 bits per heavy atom. The van der Waals surface area contributed by atoms with Crippen molar-refractivity contribution >= 4 is 0 Å². The maximum absolute atomic E-state index is 9.48. The quantitative estimate of drug-likeness (QED) is 0.589. The van der Waals surface area contributed by atoms with E-state index in [1.54, 1.807) is 7.11 Å². The molecule has 2 atom stereocenters. The lowest BCUT2D eigenvalue weighted by Crippen LogP contribution is -2.19. The number of aliphatic hydroxyl groups is 1. The van der Waals surface area contributed by atoms with Crippen LogP contribution in [0.3, 0.4) is 0 Å². The molecule has 0 spiro atoms. The van der Waals surface area contributed by atoms with Crippen molar-refractivity contribution in [2.45, 2.75) is 32.8 Å². The Morgan fingerprint density at radius 2 is 2.00 bits per heavy atom. The fourth-order valence-corrected chi connectivity index (χ4v) is 1.06. The minimum Gasteiger partial charge on any atom is -0.391 e. The first-order chi connectivity index (χ1) is 6.20. The number of hydrogen-bond acceptors (Lipinski definition) is 3. The molecule has 0 amide bonds. The standard InChI is InChI=1S/C10H22O3/c1-4-9(2)7-10(11)8-13-6-5-12-3/h9-11H,4-8H2,1-3H3.